The smallest absolute Gasteiger partial charge is 0.225 e. The number of hydrogen-bond donors (Lipinski definition) is 1. The summed E-state index contributed by atoms with van der Waals surface area (Å²) < 4.78 is 11.4. The van der Waals surface area contributed by atoms with Crippen LogP contribution in [0.15, 0.2) is 0 Å². The van der Waals surface area contributed by atoms with Crippen LogP contribution in [-0.4, -0.2) is 79.6 Å². The van der Waals surface area contributed by atoms with E-state index in [9.17, 15) is 14.4 Å². The third-order valence-corrected chi connectivity index (χ3v) is 6.92. The van der Waals surface area contributed by atoms with E-state index in [4.69, 9.17) is 15.2 Å². The Kier molecular flexibility index (Phi) is 11.6. The predicted molar refractivity (Wildman–Crippen MR) is 125 cm³/mol. The van der Waals surface area contributed by atoms with Gasteiger partial charge in [-0.25, -0.2) is 0 Å². The van der Waals surface area contributed by atoms with E-state index in [1.807, 2.05) is 25.8 Å². The molecule has 0 aromatic heterocycles. The first kappa shape index (κ1) is 28.4. The first-order valence-electron chi connectivity index (χ1n) is 11.9. The lowest BCUT2D eigenvalue weighted by Crippen LogP contribution is -2.53. The van der Waals surface area contributed by atoms with Gasteiger partial charge in [0.2, 0.25) is 17.7 Å². The van der Waals surface area contributed by atoms with Gasteiger partial charge < -0.3 is 25.0 Å². The zero-order valence-electron chi connectivity index (χ0n) is 21.3. The Bertz CT molecular complexity index is 627. The van der Waals surface area contributed by atoms with E-state index in [-0.39, 0.29) is 42.2 Å². The summed E-state index contributed by atoms with van der Waals surface area (Å²) in [5.74, 6) is -0.486. The minimum absolute atomic E-state index is 0.0453. The number of rotatable bonds is 13. The van der Waals surface area contributed by atoms with Gasteiger partial charge in [-0.05, 0) is 24.7 Å². The number of likely N-dealkylation sites (N-methyl/N-ethyl adjacent to an activating group) is 1. The first-order valence-corrected chi connectivity index (χ1v) is 11.9. The Morgan fingerprint density at radius 1 is 1.09 bits per heavy atom. The van der Waals surface area contributed by atoms with Gasteiger partial charge in [0.15, 0.2) is 0 Å². The van der Waals surface area contributed by atoms with Crippen molar-refractivity contribution in [2.45, 2.75) is 91.0 Å². The van der Waals surface area contributed by atoms with Crippen molar-refractivity contribution in [3.8, 4) is 0 Å². The maximum atomic E-state index is 13.4. The van der Waals surface area contributed by atoms with Crippen LogP contribution in [0.5, 0.6) is 0 Å². The Morgan fingerprint density at radius 2 is 1.72 bits per heavy atom. The summed E-state index contributed by atoms with van der Waals surface area (Å²) in [5.41, 5.74) is 5.51. The Morgan fingerprint density at radius 3 is 2.19 bits per heavy atom. The first-order chi connectivity index (χ1) is 15.0. The molecule has 1 aliphatic rings. The van der Waals surface area contributed by atoms with Gasteiger partial charge in [-0.15, -0.1) is 0 Å². The summed E-state index contributed by atoms with van der Waals surface area (Å²) in [5, 5.41) is 0. The van der Waals surface area contributed by atoms with Crippen LogP contribution in [0, 0.1) is 17.8 Å². The molecule has 186 valence electrons. The quantitative estimate of drug-likeness (QED) is 0.460. The standard InChI is InChI=1S/C24H45N3O5/c1-9-16(4)22(26(6)20(28)13-15(2)3)19(31-7)14-21(29)27-12-10-11-18(27)23(32-8)17(5)24(25)30/h15-19,22-23H,9-14H2,1-8H3,(H2,25,30)/t16?,17?,18?,19?,22-,23?/m0/s1. The second-order valence-corrected chi connectivity index (χ2v) is 9.65. The van der Waals surface area contributed by atoms with Gasteiger partial charge in [-0.1, -0.05) is 41.0 Å². The van der Waals surface area contributed by atoms with Crippen molar-refractivity contribution in [1.82, 2.24) is 9.80 Å². The average molecular weight is 456 g/mol. The molecule has 0 aromatic carbocycles. The van der Waals surface area contributed by atoms with Crippen molar-refractivity contribution in [1.29, 1.82) is 0 Å². The molecule has 0 bridgehead atoms. The number of likely N-dealkylation sites (tertiary alicyclic amines) is 1. The zero-order chi connectivity index (χ0) is 24.6. The van der Waals surface area contributed by atoms with Crippen LogP contribution in [0.25, 0.3) is 0 Å². The minimum atomic E-state index is -0.496. The zero-order valence-corrected chi connectivity index (χ0v) is 21.3. The summed E-state index contributed by atoms with van der Waals surface area (Å²) in [6.07, 6.45) is 2.24. The molecular formula is C24H45N3O5. The van der Waals surface area contributed by atoms with Crippen LogP contribution >= 0.6 is 0 Å². The Labute approximate surface area is 194 Å². The molecule has 1 rings (SSSR count). The van der Waals surface area contributed by atoms with Crippen molar-refractivity contribution in [2.24, 2.45) is 23.5 Å². The highest BCUT2D eigenvalue weighted by Gasteiger charge is 2.41. The second-order valence-electron chi connectivity index (χ2n) is 9.65. The minimum Gasteiger partial charge on any atom is -0.379 e. The number of hydrogen-bond acceptors (Lipinski definition) is 5. The summed E-state index contributed by atoms with van der Waals surface area (Å²) >= 11 is 0. The molecule has 8 nitrogen and oxygen atoms in total. The molecule has 0 radical (unpaired) electrons. The molecule has 1 fully saturated rings. The fourth-order valence-corrected chi connectivity index (χ4v) is 4.83. The molecule has 6 atom stereocenters. The van der Waals surface area contributed by atoms with Crippen LogP contribution in [0.3, 0.4) is 0 Å². The molecule has 2 N–H and O–H groups in total. The molecule has 1 saturated heterocycles. The maximum absolute atomic E-state index is 13.4. The summed E-state index contributed by atoms with van der Waals surface area (Å²) in [4.78, 5) is 41.5. The van der Waals surface area contributed by atoms with Crippen molar-refractivity contribution in [2.75, 3.05) is 27.8 Å². The van der Waals surface area contributed by atoms with E-state index >= 15 is 0 Å². The molecule has 32 heavy (non-hydrogen) atoms. The highest BCUT2D eigenvalue weighted by molar-refractivity contribution is 5.79. The van der Waals surface area contributed by atoms with Gasteiger partial charge >= 0.3 is 0 Å². The van der Waals surface area contributed by atoms with Gasteiger partial charge in [0.05, 0.1) is 36.6 Å². The van der Waals surface area contributed by atoms with Crippen molar-refractivity contribution in [3.05, 3.63) is 0 Å². The molecular weight excluding hydrogens is 410 g/mol. The highest BCUT2D eigenvalue weighted by Crippen LogP contribution is 2.29. The van der Waals surface area contributed by atoms with E-state index in [1.54, 1.807) is 26.0 Å². The Balaban J connectivity index is 3.06. The van der Waals surface area contributed by atoms with Crippen LogP contribution in [0.1, 0.15) is 66.7 Å². The van der Waals surface area contributed by atoms with E-state index in [1.165, 1.54) is 0 Å². The topological polar surface area (TPSA) is 102 Å². The largest absolute Gasteiger partial charge is 0.379 e. The number of amides is 3. The monoisotopic (exact) mass is 455 g/mol. The molecule has 0 aromatic rings. The molecule has 1 aliphatic heterocycles. The fourth-order valence-electron chi connectivity index (χ4n) is 4.83. The average Bonchev–Trinajstić information content (AvgIpc) is 3.22. The van der Waals surface area contributed by atoms with Crippen LogP contribution < -0.4 is 5.73 Å². The Hall–Kier alpha value is -1.67. The molecule has 0 spiro atoms. The van der Waals surface area contributed by atoms with Gasteiger partial charge in [0.1, 0.15) is 0 Å². The highest BCUT2D eigenvalue weighted by atomic mass is 16.5. The molecule has 5 unspecified atom stereocenters. The summed E-state index contributed by atoms with van der Waals surface area (Å²) in [7, 11) is 4.96. The summed E-state index contributed by atoms with van der Waals surface area (Å²) in [6, 6.07) is -0.404. The molecule has 0 saturated carbocycles. The van der Waals surface area contributed by atoms with Gasteiger partial charge in [0, 0.05) is 34.2 Å². The summed E-state index contributed by atoms with van der Waals surface area (Å²) in [6.45, 7) is 10.6. The van der Waals surface area contributed by atoms with Crippen molar-refractivity contribution < 1.29 is 23.9 Å². The van der Waals surface area contributed by atoms with E-state index in [0.717, 1.165) is 19.3 Å². The van der Waals surface area contributed by atoms with Crippen molar-refractivity contribution >= 4 is 17.7 Å². The third kappa shape index (κ3) is 7.17. The number of nitrogens with two attached hydrogens (primary N) is 1. The second kappa shape index (κ2) is 13.1. The number of carbonyl (C=O) groups is 3. The van der Waals surface area contributed by atoms with Gasteiger partial charge in [-0.3, -0.25) is 14.4 Å². The molecule has 0 aliphatic carbocycles. The van der Waals surface area contributed by atoms with Crippen LogP contribution in [0.4, 0.5) is 0 Å². The van der Waals surface area contributed by atoms with E-state index in [2.05, 4.69) is 13.8 Å². The molecule has 8 heteroatoms. The maximum Gasteiger partial charge on any atom is 0.225 e. The number of methoxy groups -OCH3 is 2. The third-order valence-electron chi connectivity index (χ3n) is 6.92. The lowest BCUT2D eigenvalue weighted by Gasteiger charge is -2.39. The van der Waals surface area contributed by atoms with Crippen LogP contribution in [-0.2, 0) is 23.9 Å². The predicted octanol–water partition coefficient (Wildman–Crippen LogP) is 2.44. The molecule has 1 heterocycles. The number of primary amides is 1. The number of ether oxygens (including phenoxy) is 2. The van der Waals surface area contributed by atoms with Crippen molar-refractivity contribution in [3.63, 3.8) is 0 Å². The number of nitrogens with zero attached hydrogens (tertiary/aromatic N) is 2. The normalized spacial score (nSPS) is 21.2. The molecule has 3 amide bonds. The van der Waals surface area contributed by atoms with E-state index < -0.39 is 24.0 Å². The fraction of sp³-hybridized carbons (Fsp3) is 0.875. The lowest BCUT2D eigenvalue weighted by molar-refractivity contribution is -0.145. The van der Waals surface area contributed by atoms with E-state index in [0.29, 0.717) is 13.0 Å². The van der Waals surface area contributed by atoms with Crippen LogP contribution in [0.2, 0.25) is 0 Å². The SMILES string of the molecule is CCC(C)[C@@H](C(CC(=O)N1CCCC1C(OC)C(C)C(N)=O)OC)N(C)C(=O)CC(C)C. The van der Waals surface area contributed by atoms with Gasteiger partial charge in [0.25, 0.3) is 0 Å². The van der Waals surface area contributed by atoms with Gasteiger partial charge in [-0.2, -0.15) is 0 Å². The number of carbonyl (C=O) groups excluding carboxylic acids is 3. The lowest BCUT2D eigenvalue weighted by atomic mass is 9.90.